The highest BCUT2D eigenvalue weighted by Crippen LogP contribution is 2.74. The molecule has 5 aliphatic rings. The van der Waals surface area contributed by atoms with Crippen LogP contribution in [0.4, 0.5) is 0 Å². The minimum atomic E-state index is -1.22. The maximum Gasteiger partial charge on any atom is 0.303 e. The molecule has 4 aliphatic carbocycles. The first-order chi connectivity index (χ1) is 17.4. The molecule has 6 heteroatoms. The average Bonchev–Trinajstić information content (AvgIpc) is 3.07. The summed E-state index contributed by atoms with van der Waals surface area (Å²) < 4.78 is 12.4. The minimum Gasteiger partial charge on any atom is -0.457 e. The Hall–Kier alpha value is -1.24. The predicted molar refractivity (Wildman–Crippen MR) is 145 cm³/mol. The van der Waals surface area contributed by atoms with Crippen molar-refractivity contribution in [2.45, 2.75) is 137 Å². The molecule has 1 saturated heterocycles. The first-order valence-corrected chi connectivity index (χ1v) is 14.9. The third-order valence-corrected chi connectivity index (χ3v) is 12.4. The van der Waals surface area contributed by atoms with Crippen molar-refractivity contribution in [2.75, 3.05) is 0 Å². The maximum absolute atomic E-state index is 13.0. The van der Waals surface area contributed by atoms with Gasteiger partial charge < -0.3 is 19.7 Å². The summed E-state index contributed by atoms with van der Waals surface area (Å²) >= 11 is 0. The van der Waals surface area contributed by atoms with Crippen molar-refractivity contribution in [3.05, 3.63) is 11.1 Å². The van der Waals surface area contributed by atoms with Gasteiger partial charge in [0.05, 0.1) is 23.9 Å². The van der Waals surface area contributed by atoms with E-state index in [1.54, 1.807) is 13.8 Å². The first-order valence-electron chi connectivity index (χ1n) is 14.9. The molecule has 2 N–H and O–H groups in total. The van der Waals surface area contributed by atoms with Gasteiger partial charge in [-0.15, -0.1) is 0 Å². The van der Waals surface area contributed by atoms with Gasteiger partial charge in [0.25, 0.3) is 0 Å². The molecular formula is C32H50O6. The van der Waals surface area contributed by atoms with Crippen LogP contribution in [-0.2, 0) is 19.1 Å². The van der Waals surface area contributed by atoms with Crippen molar-refractivity contribution in [3.63, 3.8) is 0 Å². The highest BCUT2D eigenvalue weighted by atomic mass is 16.6. The number of Topliss-reactive ketones (excluding diaryl/α,β-unsaturated/α-hetero) is 1. The van der Waals surface area contributed by atoms with Crippen molar-refractivity contribution in [2.24, 2.45) is 39.4 Å². The Labute approximate surface area is 228 Å². The van der Waals surface area contributed by atoms with Crippen molar-refractivity contribution < 1.29 is 29.3 Å². The highest BCUT2D eigenvalue weighted by molar-refractivity contribution is 5.85. The number of carbonyl (C=O) groups excluding carboxylic acids is 2. The van der Waals surface area contributed by atoms with Gasteiger partial charge in [-0.05, 0) is 91.9 Å². The lowest BCUT2D eigenvalue weighted by Crippen LogP contribution is -2.65. The molecule has 5 rings (SSSR count). The molecule has 0 bridgehead atoms. The van der Waals surface area contributed by atoms with E-state index in [2.05, 4.69) is 41.5 Å². The molecule has 3 saturated carbocycles. The summed E-state index contributed by atoms with van der Waals surface area (Å²) in [6.07, 6.45) is 3.94. The summed E-state index contributed by atoms with van der Waals surface area (Å²) in [5.74, 6) is 0.564. The number of esters is 1. The average molecular weight is 531 g/mol. The quantitative estimate of drug-likeness (QED) is 0.376. The molecule has 0 spiro atoms. The number of aliphatic hydroxyl groups is 2. The van der Waals surface area contributed by atoms with E-state index in [1.807, 2.05) is 0 Å². The zero-order chi connectivity index (χ0) is 28.2. The number of hydrogen-bond acceptors (Lipinski definition) is 6. The summed E-state index contributed by atoms with van der Waals surface area (Å²) in [6, 6.07) is 0. The second kappa shape index (κ2) is 8.63. The summed E-state index contributed by atoms with van der Waals surface area (Å²) in [6.45, 7) is 18.4. The van der Waals surface area contributed by atoms with E-state index in [1.165, 1.54) is 18.1 Å². The molecule has 214 valence electrons. The fraction of sp³-hybridized carbons (Fsp3) is 0.875. The Morgan fingerprint density at radius 3 is 2.42 bits per heavy atom. The van der Waals surface area contributed by atoms with E-state index < -0.39 is 23.8 Å². The van der Waals surface area contributed by atoms with Crippen LogP contribution < -0.4 is 0 Å². The number of ketones is 1. The summed E-state index contributed by atoms with van der Waals surface area (Å²) in [5, 5.41) is 22.8. The lowest BCUT2D eigenvalue weighted by molar-refractivity contribution is -0.213. The predicted octanol–water partition coefficient (Wildman–Crippen LogP) is 5.38. The van der Waals surface area contributed by atoms with Crippen molar-refractivity contribution in [1.82, 2.24) is 0 Å². The largest absolute Gasteiger partial charge is 0.457 e. The van der Waals surface area contributed by atoms with Gasteiger partial charge in [-0.2, -0.15) is 0 Å². The zero-order valence-corrected chi connectivity index (χ0v) is 25.0. The molecular weight excluding hydrogens is 480 g/mol. The Morgan fingerprint density at radius 1 is 1.16 bits per heavy atom. The Balaban J connectivity index is 1.52. The van der Waals surface area contributed by atoms with E-state index >= 15 is 0 Å². The molecule has 1 aliphatic heterocycles. The SMILES string of the molecule is CC(=O)O[C@H]([C@@H]1C[C@@H](C)C2=C3C[C@H](O)C4[C@@]5(C)CCC(=O)C(C)(C)C5CC[C@]4(C)[C@@]3(C)C[C@@H]2O1)C(C)(C)O. The number of rotatable bonds is 3. The number of ether oxygens (including phenoxy) is 2. The molecule has 4 fully saturated rings. The Kier molecular flexibility index (Phi) is 6.43. The van der Waals surface area contributed by atoms with E-state index in [0.717, 1.165) is 25.7 Å². The molecule has 38 heavy (non-hydrogen) atoms. The van der Waals surface area contributed by atoms with E-state index in [0.29, 0.717) is 25.0 Å². The molecule has 0 aromatic carbocycles. The molecule has 2 unspecified atom stereocenters. The van der Waals surface area contributed by atoms with Gasteiger partial charge in [0.1, 0.15) is 5.78 Å². The third-order valence-electron chi connectivity index (χ3n) is 12.4. The maximum atomic E-state index is 13.0. The number of fused-ring (bicyclic) bond motifs is 6. The number of hydrogen-bond donors (Lipinski definition) is 2. The Morgan fingerprint density at radius 2 is 1.82 bits per heavy atom. The van der Waals surface area contributed by atoms with Crippen molar-refractivity contribution >= 4 is 11.8 Å². The van der Waals surface area contributed by atoms with Crippen LogP contribution in [-0.4, -0.2) is 52.0 Å². The summed E-state index contributed by atoms with van der Waals surface area (Å²) in [4.78, 5) is 24.9. The lowest BCUT2D eigenvalue weighted by atomic mass is 9.36. The second-order valence-electron chi connectivity index (χ2n) is 15.4. The lowest BCUT2D eigenvalue weighted by Gasteiger charge is -2.68. The molecule has 0 aromatic rings. The molecule has 1 heterocycles. The van der Waals surface area contributed by atoms with Crippen LogP contribution in [0.3, 0.4) is 0 Å². The fourth-order valence-electron chi connectivity index (χ4n) is 10.7. The van der Waals surface area contributed by atoms with Gasteiger partial charge in [0, 0.05) is 18.8 Å². The fourth-order valence-corrected chi connectivity index (χ4v) is 10.7. The van der Waals surface area contributed by atoms with Crippen LogP contribution in [0.1, 0.15) is 107 Å². The van der Waals surface area contributed by atoms with Gasteiger partial charge in [0.2, 0.25) is 0 Å². The van der Waals surface area contributed by atoms with Crippen LogP contribution >= 0.6 is 0 Å². The smallest absolute Gasteiger partial charge is 0.303 e. The summed E-state index contributed by atoms with van der Waals surface area (Å²) in [5.41, 5.74) is 0.799. The third kappa shape index (κ3) is 3.75. The molecule has 10 atom stereocenters. The van der Waals surface area contributed by atoms with Crippen molar-refractivity contribution in [3.8, 4) is 0 Å². The number of carbonyl (C=O) groups is 2. The van der Waals surface area contributed by atoms with Gasteiger partial charge >= 0.3 is 5.97 Å². The Bertz CT molecular complexity index is 1050. The normalized spacial score (nSPS) is 47.0. The molecule has 6 nitrogen and oxygen atoms in total. The van der Waals surface area contributed by atoms with Gasteiger partial charge in [0.15, 0.2) is 6.10 Å². The first kappa shape index (κ1) is 28.3. The molecule has 0 radical (unpaired) electrons. The standard InChI is InChI=1S/C32H50O6/c1-17-14-21(27(29(5,6)36)37-18(2)33)38-22-16-32(9)19(25(17)22)15-20(34)26-30(7)12-11-24(35)28(3,4)23(30)10-13-31(26,32)8/h17,20-23,26-27,34,36H,10-16H2,1-9H3/t17-,20+,21+,22+,23?,26?,27-,30+,31+,32+/m1/s1. The van der Waals surface area contributed by atoms with E-state index in [4.69, 9.17) is 9.47 Å². The molecule has 0 aromatic heterocycles. The zero-order valence-electron chi connectivity index (χ0n) is 25.0. The van der Waals surface area contributed by atoms with E-state index in [9.17, 15) is 19.8 Å². The van der Waals surface area contributed by atoms with Crippen LogP contribution in [0.15, 0.2) is 11.1 Å². The monoisotopic (exact) mass is 530 g/mol. The van der Waals surface area contributed by atoms with Crippen LogP contribution in [0.5, 0.6) is 0 Å². The highest BCUT2D eigenvalue weighted by Gasteiger charge is 2.70. The van der Waals surface area contributed by atoms with Gasteiger partial charge in [-0.25, -0.2) is 0 Å². The van der Waals surface area contributed by atoms with Crippen LogP contribution in [0.2, 0.25) is 0 Å². The minimum absolute atomic E-state index is 0.0901. The van der Waals surface area contributed by atoms with Crippen LogP contribution in [0.25, 0.3) is 0 Å². The summed E-state index contributed by atoms with van der Waals surface area (Å²) in [7, 11) is 0. The van der Waals surface area contributed by atoms with Crippen LogP contribution in [0, 0.1) is 39.4 Å². The van der Waals surface area contributed by atoms with Gasteiger partial charge in [-0.1, -0.05) is 47.1 Å². The topological polar surface area (TPSA) is 93.1 Å². The number of aliphatic hydroxyl groups excluding tert-OH is 1. The van der Waals surface area contributed by atoms with Gasteiger partial charge in [-0.3, -0.25) is 9.59 Å². The molecule has 0 amide bonds. The van der Waals surface area contributed by atoms with E-state index in [-0.39, 0.29) is 51.6 Å². The van der Waals surface area contributed by atoms with Crippen molar-refractivity contribution in [1.29, 1.82) is 0 Å². The second-order valence-corrected chi connectivity index (χ2v) is 15.4.